The van der Waals surface area contributed by atoms with Crippen molar-refractivity contribution in [3.63, 3.8) is 0 Å². The number of halogens is 3. The number of aromatic nitrogens is 1. The van der Waals surface area contributed by atoms with Gasteiger partial charge in [0.2, 0.25) is 0 Å². The van der Waals surface area contributed by atoms with Gasteiger partial charge in [-0.3, -0.25) is 4.79 Å². The number of benzene rings is 1. The molecule has 0 aliphatic heterocycles. The summed E-state index contributed by atoms with van der Waals surface area (Å²) in [4.78, 5) is 27.9. The molecule has 2 rings (SSSR count). The molecule has 0 fully saturated rings. The third-order valence-electron chi connectivity index (χ3n) is 2.91. The van der Waals surface area contributed by atoms with Crippen LogP contribution in [-0.4, -0.2) is 23.3 Å². The van der Waals surface area contributed by atoms with Crippen LogP contribution in [-0.2, 0) is 9.53 Å². The minimum Gasteiger partial charge on any atom is -0.454 e. The second kappa shape index (κ2) is 7.47. The number of nitriles is 1. The number of aryl methyl sites for hydroxylation is 1. The molecule has 1 aromatic heterocycles. The second-order valence-corrected chi connectivity index (χ2v) is 5.97. The van der Waals surface area contributed by atoms with Crippen molar-refractivity contribution in [3.8, 4) is 6.07 Å². The first kappa shape index (κ1) is 18.0. The fraction of sp³-hybridized carbons (Fsp3) is 0.200. The van der Waals surface area contributed by atoms with E-state index in [2.05, 4.69) is 4.98 Å². The number of thiazole rings is 1. The Morgan fingerprint density at radius 1 is 1.42 bits per heavy atom. The topological polar surface area (TPSA) is 80.0 Å². The lowest BCUT2D eigenvalue weighted by Crippen LogP contribution is -2.20. The zero-order valence-corrected chi connectivity index (χ0v) is 13.8. The fourth-order valence-electron chi connectivity index (χ4n) is 1.75. The molecule has 0 bridgehead atoms. The van der Waals surface area contributed by atoms with E-state index >= 15 is 0 Å². The Bertz CT molecular complexity index is 848. The third-order valence-corrected chi connectivity index (χ3v) is 4.25. The number of nitrogens with zero attached hydrogens (tertiary/aromatic N) is 2. The molecule has 0 amide bonds. The normalized spacial score (nSPS) is 11.6. The van der Waals surface area contributed by atoms with Crippen LogP contribution in [0.1, 0.15) is 27.0 Å². The molecule has 0 unspecified atom stereocenters. The van der Waals surface area contributed by atoms with Gasteiger partial charge in [-0.15, -0.1) is 11.3 Å². The molecule has 2 aromatic rings. The maximum atomic E-state index is 13.2. The van der Waals surface area contributed by atoms with E-state index in [0.29, 0.717) is 22.8 Å². The standard InChI is InChI=1S/C15H9ClF2N2O3S/c1-7-6-24-14(20-7)9(4-19)13(21)5-23-15(22)8-2-11(17)12(18)3-10(8)16/h2-3,6,9H,5H2,1H3/t9-/m1/s1. The highest BCUT2D eigenvalue weighted by molar-refractivity contribution is 7.09. The minimum atomic E-state index is -1.27. The molecule has 0 saturated heterocycles. The third kappa shape index (κ3) is 3.93. The first-order valence-electron chi connectivity index (χ1n) is 6.49. The molecule has 5 nitrogen and oxygen atoms in total. The highest BCUT2D eigenvalue weighted by atomic mass is 35.5. The van der Waals surface area contributed by atoms with Crippen molar-refractivity contribution >= 4 is 34.7 Å². The summed E-state index contributed by atoms with van der Waals surface area (Å²) in [5, 5.41) is 10.7. The molecular weight excluding hydrogens is 362 g/mol. The zero-order valence-electron chi connectivity index (χ0n) is 12.2. The minimum absolute atomic E-state index is 0.293. The molecule has 0 aliphatic carbocycles. The van der Waals surface area contributed by atoms with Crippen LogP contribution >= 0.6 is 22.9 Å². The van der Waals surface area contributed by atoms with Crippen LogP contribution in [0.3, 0.4) is 0 Å². The largest absolute Gasteiger partial charge is 0.454 e. The molecule has 0 aliphatic rings. The number of ketones is 1. The summed E-state index contributed by atoms with van der Waals surface area (Å²) in [7, 11) is 0. The summed E-state index contributed by atoms with van der Waals surface area (Å²) in [6.07, 6.45) is 0. The Morgan fingerprint density at radius 2 is 2.08 bits per heavy atom. The van der Waals surface area contributed by atoms with Crippen molar-refractivity contribution < 1.29 is 23.1 Å². The van der Waals surface area contributed by atoms with E-state index in [-0.39, 0.29) is 5.02 Å². The first-order chi connectivity index (χ1) is 11.3. The number of hydrogen-bond donors (Lipinski definition) is 0. The lowest BCUT2D eigenvalue weighted by Gasteiger charge is -2.08. The smallest absolute Gasteiger partial charge is 0.340 e. The van der Waals surface area contributed by atoms with E-state index in [1.807, 2.05) is 0 Å². The van der Waals surface area contributed by atoms with Gasteiger partial charge in [0.05, 0.1) is 16.7 Å². The summed E-state index contributed by atoms with van der Waals surface area (Å²) in [5.74, 6) is -5.43. The predicted molar refractivity (Wildman–Crippen MR) is 81.9 cm³/mol. The van der Waals surface area contributed by atoms with Crippen molar-refractivity contribution in [1.29, 1.82) is 5.26 Å². The van der Waals surface area contributed by atoms with Gasteiger partial charge < -0.3 is 4.74 Å². The number of carbonyl (C=O) groups excluding carboxylic acids is 2. The molecule has 24 heavy (non-hydrogen) atoms. The van der Waals surface area contributed by atoms with Crippen LogP contribution in [0.5, 0.6) is 0 Å². The average molecular weight is 371 g/mol. The van der Waals surface area contributed by atoms with Crippen molar-refractivity contribution in [1.82, 2.24) is 4.98 Å². The number of ether oxygens (including phenoxy) is 1. The Hall–Kier alpha value is -2.37. The molecule has 124 valence electrons. The van der Waals surface area contributed by atoms with Gasteiger partial charge in [-0.05, 0) is 19.1 Å². The Morgan fingerprint density at radius 3 is 2.67 bits per heavy atom. The van der Waals surface area contributed by atoms with Gasteiger partial charge >= 0.3 is 5.97 Å². The van der Waals surface area contributed by atoms with Crippen LogP contribution in [0.4, 0.5) is 8.78 Å². The maximum absolute atomic E-state index is 13.2. The van der Waals surface area contributed by atoms with Gasteiger partial charge in [0, 0.05) is 11.1 Å². The lowest BCUT2D eigenvalue weighted by atomic mass is 10.1. The molecule has 9 heteroatoms. The SMILES string of the molecule is Cc1csc([C@H](C#N)C(=O)COC(=O)c2cc(F)c(F)cc2Cl)n1. The monoisotopic (exact) mass is 370 g/mol. The lowest BCUT2D eigenvalue weighted by molar-refractivity contribution is -0.122. The Kier molecular flexibility index (Phi) is 5.59. The molecule has 0 saturated carbocycles. The highest BCUT2D eigenvalue weighted by Crippen LogP contribution is 2.23. The number of rotatable bonds is 5. The van der Waals surface area contributed by atoms with Crippen molar-refractivity contribution in [2.45, 2.75) is 12.8 Å². The van der Waals surface area contributed by atoms with Crippen LogP contribution in [0, 0.1) is 29.9 Å². The summed E-state index contributed by atoms with van der Waals surface area (Å²) < 4.78 is 30.9. The van der Waals surface area contributed by atoms with Gasteiger partial charge in [-0.1, -0.05) is 11.6 Å². The summed E-state index contributed by atoms with van der Waals surface area (Å²) in [6, 6.07) is 3.00. The molecule has 1 aromatic carbocycles. The molecular formula is C15H9ClF2N2O3S. The van der Waals surface area contributed by atoms with Crippen LogP contribution in [0.25, 0.3) is 0 Å². The summed E-state index contributed by atoms with van der Waals surface area (Å²) >= 11 is 6.79. The quantitative estimate of drug-likeness (QED) is 0.595. The van der Waals surface area contributed by atoms with Gasteiger partial charge in [-0.25, -0.2) is 18.6 Å². The fourth-order valence-corrected chi connectivity index (χ4v) is 2.83. The molecule has 1 heterocycles. The molecule has 0 spiro atoms. The average Bonchev–Trinajstić information content (AvgIpc) is 2.95. The van der Waals surface area contributed by atoms with E-state index in [1.54, 1.807) is 18.4 Å². The van der Waals surface area contributed by atoms with E-state index in [0.717, 1.165) is 11.3 Å². The zero-order chi connectivity index (χ0) is 17.9. The molecule has 1 atom stereocenters. The van der Waals surface area contributed by atoms with E-state index in [1.165, 1.54) is 0 Å². The van der Waals surface area contributed by atoms with Gasteiger partial charge in [0.1, 0.15) is 5.01 Å². The van der Waals surface area contributed by atoms with E-state index in [9.17, 15) is 18.4 Å². The van der Waals surface area contributed by atoms with Gasteiger partial charge in [0.25, 0.3) is 0 Å². The predicted octanol–water partition coefficient (Wildman–Crippen LogP) is 3.42. The highest BCUT2D eigenvalue weighted by Gasteiger charge is 2.25. The van der Waals surface area contributed by atoms with Crippen molar-refractivity contribution in [2.24, 2.45) is 0 Å². The summed E-state index contributed by atoms with van der Waals surface area (Å²) in [6.45, 7) is 0.995. The Labute approximate surface area is 144 Å². The van der Waals surface area contributed by atoms with Crippen LogP contribution < -0.4 is 0 Å². The van der Waals surface area contributed by atoms with E-state index < -0.39 is 41.5 Å². The maximum Gasteiger partial charge on any atom is 0.340 e. The van der Waals surface area contributed by atoms with Crippen molar-refractivity contribution in [3.05, 3.63) is 50.4 Å². The summed E-state index contributed by atoms with van der Waals surface area (Å²) in [5.41, 5.74) is 0.246. The Balaban J connectivity index is 2.07. The van der Waals surface area contributed by atoms with Crippen LogP contribution in [0.15, 0.2) is 17.5 Å². The second-order valence-electron chi connectivity index (χ2n) is 4.68. The number of Topliss-reactive ketones (excluding diaryl/α,β-unsaturated/α-hetero) is 1. The molecule has 0 radical (unpaired) electrons. The number of carbonyl (C=O) groups is 2. The van der Waals surface area contributed by atoms with Gasteiger partial charge in [-0.2, -0.15) is 5.26 Å². The van der Waals surface area contributed by atoms with Gasteiger partial charge in [0.15, 0.2) is 29.9 Å². The molecule has 0 N–H and O–H groups in total. The van der Waals surface area contributed by atoms with Crippen molar-refractivity contribution in [2.75, 3.05) is 6.61 Å². The first-order valence-corrected chi connectivity index (χ1v) is 7.75. The van der Waals surface area contributed by atoms with E-state index in [4.69, 9.17) is 21.6 Å². The number of hydrogen-bond acceptors (Lipinski definition) is 6. The number of esters is 1. The van der Waals surface area contributed by atoms with Crippen LogP contribution in [0.2, 0.25) is 5.02 Å².